The number of aliphatic imine (C=N–C) groups is 1. The lowest BCUT2D eigenvalue weighted by Gasteiger charge is -2.29. The van der Waals surface area contributed by atoms with E-state index in [-0.39, 0.29) is 18.8 Å². The van der Waals surface area contributed by atoms with Crippen molar-refractivity contribution in [3.05, 3.63) is 23.8 Å². The number of hydrogen-bond donors (Lipinski definition) is 2. The molecule has 0 unspecified atom stereocenters. The molecule has 1 amide bonds. The summed E-state index contributed by atoms with van der Waals surface area (Å²) in [6, 6.07) is 4.11. The number of primary amides is 1. The van der Waals surface area contributed by atoms with Crippen LogP contribution in [0.2, 0.25) is 0 Å². The molecule has 0 bridgehead atoms. The van der Waals surface area contributed by atoms with Gasteiger partial charge in [0.15, 0.2) is 5.17 Å². The summed E-state index contributed by atoms with van der Waals surface area (Å²) in [5.41, 5.74) is 3.77. The highest BCUT2D eigenvalue weighted by Crippen LogP contribution is 2.38. The van der Waals surface area contributed by atoms with Crippen LogP contribution in [0.5, 0.6) is 5.75 Å². The molecule has 33 heavy (non-hydrogen) atoms. The average Bonchev–Trinajstić information content (AvgIpc) is 2.78. The Morgan fingerprint density at radius 2 is 2.00 bits per heavy atom. The largest absolute Gasteiger partial charge is 0.493 e. The summed E-state index contributed by atoms with van der Waals surface area (Å²) < 4.78 is 45.9. The third-order valence-electron chi connectivity index (χ3n) is 5.28. The number of nitrogens with two attached hydrogens (primary N) is 1. The molecule has 0 radical (unpaired) electrons. The number of carbonyl (C=O) groups excluding carboxylic acids is 1. The molecule has 3 N–H and O–H groups in total. The first-order chi connectivity index (χ1) is 15.7. The minimum atomic E-state index is -4.47. The number of amidine groups is 1. The zero-order valence-corrected chi connectivity index (χ0v) is 20.6. The lowest BCUT2D eigenvalue weighted by Crippen LogP contribution is -2.34. The summed E-state index contributed by atoms with van der Waals surface area (Å²) in [4.78, 5) is 15.5. The Morgan fingerprint density at radius 1 is 1.33 bits per heavy atom. The van der Waals surface area contributed by atoms with Crippen LogP contribution in [-0.2, 0) is 11.0 Å². The van der Waals surface area contributed by atoms with E-state index in [9.17, 15) is 13.2 Å². The van der Waals surface area contributed by atoms with E-state index in [0.717, 1.165) is 50.9 Å². The smallest absolute Gasteiger partial charge is 0.420 e. The highest BCUT2D eigenvalue weighted by Gasteiger charge is 2.34. The van der Waals surface area contributed by atoms with Gasteiger partial charge in [-0.3, -0.25) is 9.79 Å². The summed E-state index contributed by atoms with van der Waals surface area (Å²) in [7, 11) is 0. The number of amides is 1. The standard InChI is InChI=1S/C22H34F3N3OS.CH3NO/c1-4-5-6-15-29-20-8-7-18(16-19(20)22(23,24)25)27-21(30-3)26-11-14-28-12-9-17(2)10-13-28;2-1-3/h7-8,16-17H,4-6,9-15H2,1-3H3,(H,26,27);1H,(H2,2,3). The second-order valence-corrected chi connectivity index (χ2v) is 8.74. The fourth-order valence-electron chi connectivity index (χ4n) is 3.35. The summed E-state index contributed by atoms with van der Waals surface area (Å²) in [5.74, 6) is 0.667. The van der Waals surface area contributed by atoms with Crippen LogP contribution < -0.4 is 15.8 Å². The minimum absolute atomic E-state index is 0.119. The number of nitrogens with one attached hydrogen (secondary N) is 1. The molecule has 1 aromatic rings. The van der Waals surface area contributed by atoms with E-state index in [1.807, 2.05) is 13.2 Å². The van der Waals surface area contributed by atoms with Crippen molar-refractivity contribution in [3.8, 4) is 5.75 Å². The van der Waals surface area contributed by atoms with Gasteiger partial charge >= 0.3 is 6.18 Å². The van der Waals surface area contributed by atoms with Gasteiger partial charge in [0.1, 0.15) is 5.75 Å². The van der Waals surface area contributed by atoms with E-state index in [4.69, 9.17) is 9.53 Å². The SMILES string of the molecule is CCCCCOc1ccc(NC(=NCCN2CCC(C)CC2)SC)cc1C(F)(F)F.NC=O. The predicted molar refractivity (Wildman–Crippen MR) is 131 cm³/mol. The van der Waals surface area contributed by atoms with Crippen LogP contribution in [0, 0.1) is 5.92 Å². The van der Waals surface area contributed by atoms with Gasteiger partial charge in [0, 0.05) is 12.2 Å². The number of hydrogen-bond acceptors (Lipinski definition) is 5. The van der Waals surface area contributed by atoms with Crippen LogP contribution in [0.25, 0.3) is 0 Å². The Balaban J connectivity index is 0.00000172. The number of alkyl halides is 3. The summed E-state index contributed by atoms with van der Waals surface area (Å²) in [6.45, 7) is 8.29. The van der Waals surface area contributed by atoms with Gasteiger partial charge in [0.2, 0.25) is 6.41 Å². The highest BCUT2D eigenvalue weighted by atomic mass is 32.2. The Morgan fingerprint density at radius 3 is 2.58 bits per heavy atom. The van der Waals surface area contributed by atoms with Crippen LogP contribution in [-0.4, -0.2) is 55.5 Å². The molecule has 2 rings (SSSR count). The second kappa shape index (κ2) is 15.8. The monoisotopic (exact) mass is 490 g/mol. The first kappa shape index (κ1) is 29.1. The number of likely N-dealkylation sites (tertiary alicyclic amines) is 1. The lowest BCUT2D eigenvalue weighted by molar-refractivity contribution is -0.138. The fourth-order valence-corrected chi connectivity index (χ4v) is 3.79. The topological polar surface area (TPSA) is 79.9 Å². The Bertz CT molecular complexity index is 724. The molecule has 1 fully saturated rings. The minimum Gasteiger partial charge on any atom is -0.493 e. The molecule has 188 valence electrons. The molecule has 1 heterocycles. The molecular weight excluding hydrogens is 453 g/mol. The molecule has 1 aliphatic heterocycles. The van der Waals surface area contributed by atoms with Crippen molar-refractivity contribution in [2.24, 2.45) is 16.6 Å². The third kappa shape index (κ3) is 11.7. The zero-order valence-electron chi connectivity index (χ0n) is 19.8. The van der Waals surface area contributed by atoms with Crippen molar-refractivity contribution >= 4 is 29.0 Å². The molecule has 1 saturated heterocycles. The van der Waals surface area contributed by atoms with Crippen molar-refractivity contribution < 1.29 is 22.7 Å². The highest BCUT2D eigenvalue weighted by molar-refractivity contribution is 8.13. The van der Waals surface area contributed by atoms with Gasteiger partial charge in [-0.1, -0.05) is 38.5 Å². The van der Waals surface area contributed by atoms with Crippen LogP contribution in [0.1, 0.15) is 51.5 Å². The molecule has 0 aromatic heterocycles. The quantitative estimate of drug-likeness (QED) is 0.214. The van der Waals surface area contributed by atoms with E-state index in [2.05, 4.69) is 27.9 Å². The fraction of sp³-hybridized carbons (Fsp3) is 0.652. The number of ether oxygens (including phenoxy) is 1. The van der Waals surface area contributed by atoms with Gasteiger partial charge in [-0.2, -0.15) is 13.2 Å². The van der Waals surface area contributed by atoms with Crippen molar-refractivity contribution in [2.45, 2.75) is 52.1 Å². The van der Waals surface area contributed by atoms with Gasteiger partial charge in [-0.15, -0.1) is 0 Å². The van der Waals surface area contributed by atoms with Gasteiger partial charge in [-0.25, -0.2) is 0 Å². The third-order valence-corrected chi connectivity index (χ3v) is 5.90. The van der Waals surface area contributed by atoms with E-state index >= 15 is 0 Å². The number of thioether (sulfide) groups is 1. The normalized spacial score (nSPS) is 15.5. The molecule has 1 aromatic carbocycles. The number of halogens is 3. The predicted octanol–water partition coefficient (Wildman–Crippen LogP) is 5.24. The maximum atomic E-state index is 13.5. The van der Waals surface area contributed by atoms with Crippen LogP contribution >= 0.6 is 11.8 Å². The molecule has 10 heteroatoms. The van der Waals surface area contributed by atoms with Crippen molar-refractivity contribution in [1.29, 1.82) is 0 Å². The van der Waals surface area contributed by atoms with E-state index in [0.29, 0.717) is 17.4 Å². The summed E-state index contributed by atoms with van der Waals surface area (Å²) in [6.07, 6.45) is 2.74. The van der Waals surface area contributed by atoms with E-state index in [1.165, 1.54) is 30.7 Å². The van der Waals surface area contributed by atoms with Crippen LogP contribution in [0.4, 0.5) is 18.9 Å². The second-order valence-electron chi connectivity index (χ2n) is 7.94. The number of rotatable bonds is 9. The van der Waals surface area contributed by atoms with Crippen LogP contribution in [0.15, 0.2) is 23.2 Å². The Hall–Kier alpha value is -1.94. The summed E-state index contributed by atoms with van der Waals surface area (Å²) in [5, 5.41) is 3.64. The molecule has 0 atom stereocenters. The number of carbonyl (C=O) groups is 1. The Kier molecular flexibility index (Phi) is 13.9. The maximum absolute atomic E-state index is 13.5. The number of nitrogens with zero attached hydrogens (tertiary/aromatic N) is 2. The van der Waals surface area contributed by atoms with E-state index < -0.39 is 11.7 Å². The molecular formula is C23H37F3N4O2S. The summed E-state index contributed by atoms with van der Waals surface area (Å²) >= 11 is 1.40. The van der Waals surface area contributed by atoms with Crippen molar-refractivity contribution in [3.63, 3.8) is 0 Å². The average molecular weight is 491 g/mol. The van der Waals surface area contributed by atoms with Gasteiger partial charge in [0.05, 0.1) is 18.7 Å². The number of piperidine rings is 1. The molecule has 0 saturated carbocycles. The number of unbranched alkanes of at least 4 members (excludes halogenated alkanes) is 2. The van der Waals surface area contributed by atoms with Crippen molar-refractivity contribution in [2.75, 3.05) is 44.4 Å². The first-order valence-electron chi connectivity index (χ1n) is 11.3. The number of anilines is 1. The maximum Gasteiger partial charge on any atom is 0.420 e. The molecule has 0 aliphatic carbocycles. The molecule has 6 nitrogen and oxygen atoms in total. The van der Waals surface area contributed by atoms with Gasteiger partial charge in [-0.05, 0) is 62.7 Å². The van der Waals surface area contributed by atoms with E-state index in [1.54, 1.807) is 6.07 Å². The van der Waals surface area contributed by atoms with Gasteiger partial charge in [0.25, 0.3) is 0 Å². The zero-order chi connectivity index (χ0) is 24.7. The van der Waals surface area contributed by atoms with Gasteiger partial charge < -0.3 is 20.7 Å². The number of benzene rings is 1. The lowest BCUT2D eigenvalue weighted by atomic mass is 9.99. The molecule has 0 spiro atoms. The van der Waals surface area contributed by atoms with Crippen molar-refractivity contribution in [1.82, 2.24) is 4.90 Å². The Labute approximate surface area is 199 Å². The first-order valence-corrected chi connectivity index (χ1v) is 12.5. The van der Waals surface area contributed by atoms with Crippen LogP contribution in [0.3, 0.4) is 0 Å². The molecule has 1 aliphatic rings.